The molecule has 0 aliphatic carbocycles. The fourth-order valence-corrected chi connectivity index (χ4v) is 2.73. The minimum Gasteiger partial charge on any atom is -0.489 e. The van der Waals surface area contributed by atoms with Gasteiger partial charge in [0, 0.05) is 0 Å². The Balaban J connectivity index is 2.05. The van der Waals surface area contributed by atoms with Gasteiger partial charge in [0.2, 0.25) is 0 Å². The summed E-state index contributed by atoms with van der Waals surface area (Å²) in [7, 11) is 3.66. The Labute approximate surface area is 122 Å². The van der Waals surface area contributed by atoms with E-state index in [0.29, 0.717) is 6.61 Å². The van der Waals surface area contributed by atoms with Crippen molar-refractivity contribution in [2.45, 2.75) is 13.2 Å². The Morgan fingerprint density at radius 2 is 1.80 bits per heavy atom. The van der Waals surface area contributed by atoms with Crippen molar-refractivity contribution in [3.63, 3.8) is 0 Å². The molecule has 0 aliphatic rings. The van der Waals surface area contributed by atoms with Crippen LogP contribution < -0.4 is 4.74 Å². The topological polar surface area (TPSA) is 12.5 Å². The highest BCUT2D eigenvalue weighted by Gasteiger charge is 1.99. The summed E-state index contributed by atoms with van der Waals surface area (Å²) in [6, 6.07) is 18.6. The third-order valence-electron chi connectivity index (χ3n) is 3.19. The summed E-state index contributed by atoms with van der Waals surface area (Å²) in [6.45, 7) is 2.89. The summed E-state index contributed by atoms with van der Waals surface area (Å²) in [5.74, 6) is 0.927. The number of hydrogen-bond acceptors (Lipinski definition) is 2. The second-order valence-corrected chi connectivity index (χ2v) is 7.49. The molecule has 0 N–H and O–H groups in total. The van der Waals surface area contributed by atoms with Crippen LogP contribution in [0.2, 0.25) is 6.55 Å². The third kappa shape index (κ3) is 4.35. The Morgan fingerprint density at radius 3 is 2.50 bits per heavy atom. The summed E-state index contributed by atoms with van der Waals surface area (Å²) in [6.07, 6.45) is 0. The number of rotatable bonds is 5. The second kappa shape index (κ2) is 7.06. The van der Waals surface area contributed by atoms with Gasteiger partial charge in [-0.05, 0) is 43.9 Å². The van der Waals surface area contributed by atoms with Crippen molar-refractivity contribution in [3.05, 3.63) is 65.7 Å². The lowest BCUT2D eigenvalue weighted by molar-refractivity contribution is 0.306. The average molecular weight is 283 g/mol. The molecule has 2 aromatic rings. The van der Waals surface area contributed by atoms with Gasteiger partial charge >= 0.3 is 0 Å². The van der Waals surface area contributed by atoms with Crippen LogP contribution in [0, 0.1) is 0 Å². The standard InChI is InChI=1S/C17H21NOSi/c1-18(2)20(3)14-16-10-7-11-17(12-16)19-13-15-8-5-4-6-9-15/h4-12,14H,13H2,1-3H3/b20-14-. The van der Waals surface area contributed by atoms with E-state index in [1.807, 2.05) is 24.3 Å². The van der Waals surface area contributed by atoms with E-state index >= 15 is 0 Å². The number of benzene rings is 2. The van der Waals surface area contributed by atoms with Crippen LogP contribution in [0.25, 0.3) is 0 Å². The largest absolute Gasteiger partial charge is 0.489 e. The van der Waals surface area contributed by atoms with Crippen molar-refractivity contribution < 1.29 is 4.74 Å². The monoisotopic (exact) mass is 283 g/mol. The molecule has 0 fully saturated rings. The van der Waals surface area contributed by atoms with Crippen molar-refractivity contribution in [1.29, 1.82) is 0 Å². The lowest BCUT2D eigenvalue weighted by atomic mass is 10.2. The molecule has 0 atom stereocenters. The molecule has 2 rings (SSSR count). The van der Waals surface area contributed by atoms with Crippen molar-refractivity contribution in [2.24, 2.45) is 0 Å². The molecule has 0 saturated carbocycles. The summed E-state index contributed by atoms with van der Waals surface area (Å²) in [4.78, 5) is 0. The van der Waals surface area contributed by atoms with Crippen LogP contribution in [0.1, 0.15) is 11.1 Å². The predicted molar refractivity (Wildman–Crippen MR) is 87.7 cm³/mol. The van der Waals surface area contributed by atoms with Gasteiger partial charge in [-0.2, -0.15) is 0 Å². The minimum atomic E-state index is -0.589. The van der Waals surface area contributed by atoms with Gasteiger partial charge in [0.05, 0.1) is 0 Å². The van der Waals surface area contributed by atoms with Gasteiger partial charge in [-0.3, -0.25) is 0 Å². The van der Waals surface area contributed by atoms with Crippen LogP contribution in [0.5, 0.6) is 5.75 Å². The number of nitrogens with zero attached hydrogens (tertiary/aromatic N) is 1. The first-order valence-electron chi connectivity index (χ1n) is 6.77. The number of hydrogen-bond donors (Lipinski definition) is 0. The average Bonchev–Trinajstić information content (AvgIpc) is 2.46. The highest BCUT2D eigenvalue weighted by atomic mass is 28.2. The summed E-state index contributed by atoms with van der Waals surface area (Å²) < 4.78 is 8.13. The maximum atomic E-state index is 5.85. The second-order valence-electron chi connectivity index (χ2n) is 5.03. The molecule has 0 radical (unpaired) electrons. The SMILES string of the molecule is CN(C)/[Si](C)=C\c1cccc(OCc2ccccc2)c1. The molecule has 0 saturated heterocycles. The molecule has 0 unspecified atom stereocenters. The van der Waals surface area contributed by atoms with E-state index in [9.17, 15) is 0 Å². The van der Waals surface area contributed by atoms with Crippen LogP contribution in [0.4, 0.5) is 0 Å². The molecule has 3 heteroatoms. The van der Waals surface area contributed by atoms with Crippen molar-refractivity contribution in [2.75, 3.05) is 14.1 Å². The molecular weight excluding hydrogens is 262 g/mol. The molecule has 20 heavy (non-hydrogen) atoms. The first kappa shape index (κ1) is 14.5. The molecule has 0 bridgehead atoms. The molecule has 0 aliphatic heterocycles. The van der Waals surface area contributed by atoms with E-state index < -0.39 is 8.57 Å². The quantitative estimate of drug-likeness (QED) is 0.782. The molecule has 104 valence electrons. The molecular formula is C17H21NOSi. The summed E-state index contributed by atoms with van der Waals surface area (Å²) in [5, 5.41) is 0. The van der Waals surface area contributed by atoms with Crippen molar-refractivity contribution in [3.8, 4) is 5.75 Å². The Morgan fingerprint density at radius 1 is 1.05 bits per heavy atom. The van der Waals surface area contributed by atoms with Crippen LogP contribution in [0.3, 0.4) is 0 Å². The van der Waals surface area contributed by atoms with E-state index in [1.54, 1.807) is 0 Å². The minimum absolute atomic E-state index is 0.589. The zero-order chi connectivity index (χ0) is 14.4. The van der Waals surface area contributed by atoms with Crippen LogP contribution >= 0.6 is 0 Å². The Kier molecular flexibility index (Phi) is 5.13. The zero-order valence-corrected chi connectivity index (χ0v) is 13.3. The van der Waals surface area contributed by atoms with Gasteiger partial charge in [0.15, 0.2) is 0 Å². The molecule has 0 spiro atoms. The van der Waals surface area contributed by atoms with Gasteiger partial charge in [-0.1, -0.05) is 48.1 Å². The smallest absolute Gasteiger partial charge is 0.121 e. The maximum Gasteiger partial charge on any atom is 0.121 e. The normalized spacial score (nSPS) is 11.2. The summed E-state index contributed by atoms with van der Waals surface area (Å²) in [5.41, 5.74) is 4.76. The first-order valence-corrected chi connectivity index (χ1v) is 8.80. The van der Waals surface area contributed by atoms with Gasteiger partial charge < -0.3 is 9.30 Å². The van der Waals surface area contributed by atoms with Crippen LogP contribution in [-0.4, -0.2) is 32.9 Å². The zero-order valence-electron chi connectivity index (χ0n) is 12.3. The maximum absolute atomic E-state index is 5.85. The summed E-state index contributed by atoms with van der Waals surface area (Å²) >= 11 is 0. The Bertz CT molecular complexity index is 579. The highest BCUT2D eigenvalue weighted by Crippen LogP contribution is 2.14. The van der Waals surface area contributed by atoms with Gasteiger partial charge in [0.25, 0.3) is 0 Å². The molecule has 2 nitrogen and oxygen atoms in total. The van der Waals surface area contributed by atoms with Crippen LogP contribution in [-0.2, 0) is 6.61 Å². The fourth-order valence-electron chi connectivity index (χ4n) is 1.81. The van der Waals surface area contributed by atoms with Crippen molar-refractivity contribution in [1.82, 2.24) is 4.57 Å². The lowest BCUT2D eigenvalue weighted by Crippen LogP contribution is -2.23. The van der Waals surface area contributed by atoms with E-state index in [1.165, 1.54) is 11.1 Å². The Hall–Kier alpha value is -1.87. The van der Waals surface area contributed by atoms with E-state index in [4.69, 9.17) is 4.74 Å². The van der Waals surface area contributed by atoms with E-state index in [2.05, 4.69) is 61.2 Å². The third-order valence-corrected chi connectivity index (χ3v) is 5.35. The van der Waals surface area contributed by atoms with E-state index in [0.717, 1.165) is 5.75 Å². The molecule has 2 aromatic carbocycles. The first-order chi connectivity index (χ1) is 9.65. The van der Waals surface area contributed by atoms with Crippen LogP contribution in [0.15, 0.2) is 54.6 Å². The number of ether oxygens (including phenoxy) is 1. The lowest BCUT2D eigenvalue weighted by Gasteiger charge is -2.12. The van der Waals surface area contributed by atoms with Gasteiger partial charge in [0.1, 0.15) is 20.9 Å². The molecule has 0 aromatic heterocycles. The van der Waals surface area contributed by atoms with Gasteiger partial charge in [-0.25, -0.2) is 0 Å². The fraction of sp³-hybridized carbons (Fsp3) is 0.235. The highest BCUT2D eigenvalue weighted by molar-refractivity contribution is 6.64. The van der Waals surface area contributed by atoms with Crippen molar-refractivity contribution >= 4 is 14.2 Å². The van der Waals surface area contributed by atoms with E-state index in [-0.39, 0.29) is 0 Å². The predicted octanol–water partition coefficient (Wildman–Crippen LogP) is 3.18. The van der Waals surface area contributed by atoms with Gasteiger partial charge in [-0.15, -0.1) is 0 Å². The molecule has 0 heterocycles. The molecule has 0 amide bonds.